The normalized spacial score (nSPS) is 16.1. The van der Waals surface area contributed by atoms with Crippen LogP contribution in [0.3, 0.4) is 0 Å². The van der Waals surface area contributed by atoms with Crippen LogP contribution in [0, 0.1) is 5.82 Å². The smallest absolute Gasteiger partial charge is 0.312 e. The van der Waals surface area contributed by atoms with Gasteiger partial charge >= 0.3 is 6.03 Å². The lowest BCUT2D eigenvalue weighted by Gasteiger charge is -2.33. The highest BCUT2D eigenvalue weighted by atomic mass is 35.5. The number of nitrogens with two attached hydrogens (primary N) is 1. The first kappa shape index (κ1) is 18.9. The van der Waals surface area contributed by atoms with E-state index in [1.54, 1.807) is 12.1 Å². The SMILES string of the molecule is CN1C(=O)[C@H](NC(N)=O)Cc2ccc(CO)c(Oc3cc(F)ccc3Cl)c21. The number of hydrogen-bond acceptors (Lipinski definition) is 4. The third-order valence-corrected chi connectivity index (χ3v) is 4.59. The Balaban J connectivity index is 2.09. The minimum atomic E-state index is -0.814. The van der Waals surface area contributed by atoms with Gasteiger partial charge in [0.15, 0.2) is 5.75 Å². The lowest BCUT2D eigenvalue weighted by atomic mass is 9.95. The molecule has 3 amide bonds. The molecule has 1 atom stereocenters. The summed E-state index contributed by atoms with van der Waals surface area (Å²) in [5, 5.41) is 12.3. The Hall–Kier alpha value is -2.84. The average molecular weight is 394 g/mol. The van der Waals surface area contributed by atoms with Crippen LogP contribution in [0.1, 0.15) is 11.1 Å². The summed E-state index contributed by atoms with van der Waals surface area (Å²) in [4.78, 5) is 25.0. The number of benzene rings is 2. The maximum atomic E-state index is 13.6. The Labute approximate surface area is 159 Å². The van der Waals surface area contributed by atoms with Crippen LogP contribution >= 0.6 is 11.6 Å². The van der Waals surface area contributed by atoms with Crippen molar-refractivity contribution in [2.75, 3.05) is 11.9 Å². The molecule has 142 valence electrons. The molecular weight excluding hydrogens is 377 g/mol. The van der Waals surface area contributed by atoms with Crippen LogP contribution in [0.2, 0.25) is 5.02 Å². The van der Waals surface area contributed by atoms with Crippen molar-refractivity contribution < 1.29 is 23.8 Å². The standard InChI is InChI=1S/C18H17ClFN3O4/c1-23-15-9(6-13(17(23)25)22-18(21)26)2-3-10(8-24)16(15)27-14-7-11(20)4-5-12(14)19/h2-5,7,13,24H,6,8H2,1H3,(H3,21,22,26)/t13-/m1/s1. The molecule has 7 nitrogen and oxygen atoms in total. The first-order valence-electron chi connectivity index (χ1n) is 8.04. The van der Waals surface area contributed by atoms with Gasteiger partial charge in [-0.15, -0.1) is 0 Å². The van der Waals surface area contributed by atoms with Gasteiger partial charge in [0.1, 0.15) is 17.6 Å². The number of aliphatic hydroxyl groups excluding tert-OH is 1. The van der Waals surface area contributed by atoms with Gasteiger partial charge in [-0.3, -0.25) is 4.79 Å². The summed E-state index contributed by atoms with van der Waals surface area (Å²) >= 11 is 6.07. The zero-order valence-corrected chi connectivity index (χ0v) is 15.1. The predicted octanol–water partition coefficient (Wildman–Crippen LogP) is 2.32. The van der Waals surface area contributed by atoms with Crippen molar-refractivity contribution in [1.29, 1.82) is 0 Å². The number of carbonyl (C=O) groups excluding carboxylic acids is 2. The molecule has 0 aliphatic carbocycles. The number of fused-ring (bicyclic) bond motifs is 1. The Morgan fingerprint density at radius 1 is 1.44 bits per heavy atom. The van der Waals surface area contributed by atoms with E-state index in [4.69, 9.17) is 22.1 Å². The van der Waals surface area contributed by atoms with E-state index in [1.807, 2.05) is 0 Å². The average Bonchev–Trinajstić information content (AvgIpc) is 2.62. The number of ether oxygens (including phenoxy) is 1. The molecule has 1 aliphatic heterocycles. The lowest BCUT2D eigenvalue weighted by molar-refractivity contribution is -0.120. The largest absolute Gasteiger partial charge is 0.453 e. The molecule has 0 radical (unpaired) electrons. The maximum Gasteiger partial charge on any atom is 0.312 e. The van der Waals surface area contributed by atoms with Gasteiger partial charge in [0.05, 0.1) is 17.3 Å². The number of nitrogens with one attached hydrogen (secondary N) is 1. The quantitative estimate of drug-likeness (QED) is 0.741. The van der Waals surface area contributed by atoms with Gasteiger partial charge in [-0.25, -0.2) is 9.18 Å². The van der Waals surface area contributed by atoms with E-state index in [2.05, 4.69) is 5.32 Å². The maximum absolute atomic E-state index is 13.6. The molecule has 0 fully saturated rings. The first-order valence-corrected chi connectivity index (χ1v) is 8.41. The van der Waals surface area contributed by atoms with Crippen molar-refractivity contribution in [3.63, 3.8) is 0 Å². The van der Waals surface area contributed by atoms with Gasteiger partial charge in [-0.2, -0.15) is 0 Å². The number of halogens is 2. The fourth-order valence-electron chi connectivity index (χ4n) is 3.03. The number of likely N-dealkylation sites (N-methyl/N-ethyl adjacent to an activating group) is 1. The van der Waals surface area contributed by atoms with Crippen LogP contribution in [0.4, 0.5) is 14.9 Å². The van der Waals surface area contributed by atoms with Crippen LogP contribution in [-0.2, 0) is 17.8 Å². The fraction of sp³-hybridized carbons (Fsp3) is 0.222. The number of rotatable bonds is 4. The fourth-order valence-corrected chi connectivity index (χ4v) is 3.18. The topological polar surface area (TPSA) is 105 Å². The molecule has 3 rings (SSSR count). The van der Waals surface area contributed by atoms with E-state index in [0.717, 1.165) is 6.07 Å². The van der Waals surface area contributed by atoms with E-state index < -0.39 is 23.8 Å². The molecule has 0 bridgehead atoms. The number of anilines is 1. The summed E-state index contributed by atoms with van der Waals surface area (Å²) in [5.74, 6) is -0.694. The lowest BCUT2D eigenvalue weighted by Crippen LogP contribution is -2.53. The van der Waals surface area contributed by atoms with Gasteiger partial charge in [0.2, 0.25) is 5.91 Å². The minimum absolute atomic E-state index is 0.0537. The summed E-state index contributed by atoms with van der Waals surface area (Å²) < 4.78 is 19.4. The highest BCUT2D eigenvalue weighted by molar-refractivity contribution is 6.32. The molecule has 0 spiro atoms. The van der Waals surface area contributed by atoms with Crippen LogP contribution in [0.25, 0.3) is 0 Å². The highest BCUT2D eigenvalue weighted by Gasteiger charge is 2.34. The molecule has 0 saturated heterocycles. The summed E-state index contributed by atoms with van der Waals surface area (Å²) in [6.45, 7) is -0.361. The third kappa shape index (κ3) is 3.67. The van der Waals surface area contributed by atoms with Crippen LogP contribution in [-0.4, -0.2) is 30.1 Å². The molecule has 9 heteroatoms. The van der Waals surface area contributed by atoms with E-state index >= 15 is 0 Å². The van der Waals surface area contributed by atoms with Crippen molar-refractivity contribution in [2.45, 2.75) is 19.1 Å². The molecule has 0 saturated carbocycles. The molecule has 1 heterocycles. The number of carbonyl (C=O) groups is 2. The Morgan fingerprint density at radius 2 is 2.19 bits per heavy atom. The number of aliphatic hydroxyl groups is 1. The van der Waals surface area contributed by atoms with E-state index in [9.17, 15) is 19.1 Å². The Bertz CT molecular complexity index is 922. The minimum Gasteiger partial charge on any atom is -0.453 e. The summed E-state index contributed by atoms with van der Waals surface area (Å²) in [6, 6.07) is 5.39. The summed E-state index contributed by atoms with van der Waals surface area (Å²) in [6.07, 6.45) is 0.195. The molecule has 0 unspecified atom stereocenters. The molecule has 27 heavy (non-hydrogen) atoms. The van der Waals surface area contributed by atoms with E-state index in [-0.39, 0.29) is 29.5 Å². The van der Waals surface area contributed by atoms with Crippen LogP contribution in [0.15, 0.2) is 30.3 Å². The molecule has 2 aromatic carbocycles. The van der Waals surface area contributed by atoms with Crippen molar-refractivity contribution >= 4 is 29.2 Å². The van der Waals surface area contributed by atoms with Gasteiger partial charge in [0.25, 0.3) is 0 Å². The number of nitrogens with zero attached hydrogens (tertiary/aromatic N) is 1. The van der Waals surface area contributed by atoms with Crippen LogP contribution in [0.5, 0.6) is 11.5 Å². The molecule has 0 aromatic heterocycles. The van der Waals surface area contributed by atoms with Crippen molar-refractivity contribution in [3.05, 3.63) is 52.3 Å². The summed E-state index contributed by atoms with van der Waals surface area (Å²) in [5.41, 5.74) is 6.63. The number of urea groups is 1. The number of amides is 3. The van der Waals surface area contributed by atoms with E-state index in [1.165, 1.54) is 24.1 Å². The number of hydrogen-bond donors (Lipinski definition) is 3. The Morgan fingerprint density at radius 3 is 2.85 bits per heavy atom. The zero-order valence-electron chi connectivity index (χ0n) is 14.3. The zero-order chi connectivity index (χ0) is 19.7. The van der Waals surface area contributed by atoms with Crippen LogP contribution < -0.4 is 20.7 Å². The second-order valence-corrected chi connectivity index (χ2v) is 6.47. The third-order valence-electron chi connectivity index (χ3n) is 4.28. The summed E-state index contributed by atoms with van der Waals surface area (Å²) in [7, 11) is 1.51. The van der Waals surface area contributed by atoms with Gasteiger partial charge < -0.3 is 25.8 Å². The predicted molar refractivity (Wildman–Crippen MR) is 97.5 cm³/mol. The second-order valence-electron chi connectivity index (χ2n) is 6.06. The van der Waals surface area contributed by atoms with E-state index in [0.29, 0.717) is 16.8 Å². The molecular formula is C18H17ClFN3O4. The number of primary amides is 1. The van der Waals surface area contributed by atoms with Gasteiger partial charge in [-0.1, -0.05) is 23.7 Å². The van der Waals surface area contributed by atoms with Crippen molar-refractivity contribution in [3.8, 4) is 11.5 Å². The monoisotopic (exact) mass is 393 g/mol. The van der Waals surface area contributed by atoms with Crippen molar-refractivity contribution in [1.82, 2.24) is 5.32 Å². The van der Waals surface area contributed by atoms with Crippen molar-refractivity contribution in [2.24, 2.45) is 5.73 Å². The molecule has 2 aromatic rings. The molecule has 4 N–H and O–H groups in total. The van der Waals surface area contributed by atoms with Gasteiger partial charge in [0, 0.05) is 25.1 Å². The molecule has 1 aliphatic rings. The first-order chi connectivity index (χ1) is 12.8. The Kier molecular flexibility index (Phi) is 5.20. The van der Waals surface area contributed by atoms with Gasteiger partial charge in [-0.05, 0) is 17.7 Å². The second kappa shape index (κ2) is 7.42. The highest BCUT2D eigenvalue weighted by Crippen LogP contribution is 2.42.